The van der Waals surface area contributed by atoms with Gasteiger partial charge < -0.3 is 20.1 Å². The number of methoxy groups -OCH3 is 2. The van der Waals surface area contributed by atoms with E-state index in [1.807, 2.05) is 24.3 Å². The number of halogens is 1. The van der Waals surface area contributed by atoms with Crippen LogP contribution in [0.15, 0.2) is 34.9 Å². The minimum absolute atomic E-state index is 0.0286. The van der Waals surface area contributed by atoms with E-state index < -0.39 is 0 Å². The second-order valence-electron chi connectivity index (χ2n) is 7.37. The molecule has 29 heavy (non-hydrogen) atoms. The largest absolute Gasteiger partial charge is 0.497 e. The predicted molar refractivity (Wildman–Crippen MR) is 114 cm³/mol. The van der Waals surface area contributed by atoms with Crippen LogP contribution >= 0.6 is 15.9 Å². The average Bonchev–Trinajstić information content (AvgIpc) is 3.01. The van der Waals surface area contributed by atoms with Crippen molar-refractivity contribution in [1.82, 2.24) is 15.3 Å². The third-order valence-electron chi connectivity index (χ3n) is 5.71. The van der Waals surface area contributed by atoms with Gasteiger partial charge in [0.2, 0.25) is 11.8 Å². The molecule has 2 aliphatic rings. The van der Waals surface area contributed by atoms with Gasteiger partial charge >= 0.3 is 0 Å². The summed E-state index contributed by atoms with van der Waals surface area (Å²) in [5.41, 5.74) is 0.659. The number of aromatic nitrogens is 2. The van der Waals surface area contributed by atoms with Crippen LogP contribution in [0.3, 0.4) is 0 Å². The van der Waals surface area contributed by atoms with E-state index in [2.05, 4.69) is 36.5 Å². The maximum absolute atomic E-state index is 13.5. The molecule has 8 nitrogen and oxygen atoms in total. The van der Waals surface area contributed by atoms with E-state index in [-0.39, 0.29) is 17.4 Å². The lowest BCUT2D eigenvalue weighted by atomic mass is 9.74. The quantitative estimate of drug-likeness (QED) is 0.706. The molecule has 154 valence electrons. The highest BCUT2D eigenvalue weighted by Gasteiger charge is 2.53. The highest BCUT2D eigenvalue weighted by Crippen LogP contribution is 2.42. The summed E-state index contributed by atoms with van der Waals surface area (Å²) in [6.45, 7) is 2.32. The van der Waals surface area contributed by atoms with Crippen molar-refractivity contribution in [2.45, 2.75) is 18.9 Å². The first-order valence-electron chi connectivity index (χ1n) is 9.55. The van der Waals surface area contributed by atoms with Gasteiger partial charge in [-0.05, 0) is 54.0 Å². The Morgan fingerprint density at radius 3 is 2.79 bits per heavy atom. The second kappa shape index (κ2) is 8.16. The van der Waals surface area contributed by atoms with E-state index >= 15 is 0 Å². The van der Waals surface area contributed by atoms with Crippen LogP contribution in [0.2, 0.25) is 0 Å². The summed E-state index contributed by atoms with van der Waals surface area (Å²) in [4.78, 5) is 24.0. The summed E-state index contributed by atoms with van der Waals surface area (Å²) in [7, 11) is 3.18. The highest BCUT2D eigenvalue weighted by molar-refractivity contribution is 9.10. The molecule has 1 amide bonds. The van der Waals surface area contributed by atoms with Crippen molar-refractivity contribution in [2.24, 2.45) is 5.41 Å². The Morgan fingerprint density at radius 1 is 1.28 bits per heavy atom. The molecule has 2 aromatic rings. The van der Waals surface area contributed by atoms with Gasteiger partial charge in [0.15, 0.2) is 0 Å². The maximum atomic E-state index is 13.5. The van der Waals surface area contributed by atoms with Crippen molar-refractivity contribution in [2.75, 3.05) is 44.1 Å². The van der Waals surface area contributed by atoms with Crippen molar-refractivity contribution >= 4 is 33.5 Å². The fraction of sp³-hybridized carbons (Fsp3) is 0.450. The summed E-state index contributed by atoms with van der Waals surface area (Å²) >= 11 is 3.37. The normalized spacial score (nSPS) is 20.7. The Morgan fingerprint density at radius 2 is 2.07 bits per heavy atom. The number of hydrogen-bond acceptors (Lipinski definition) is 7. The lowest BCUT2D eigenvalue weighted by molar-refractivity contribution is -0.118. The molecule has 1 spiro atoms. The number of rotatable bonds is 5. The molecule has 2 saturated heterocycles. The van der Waals surface area contributed by atoms with Gasteiger partial charge in [-0.1, -0.05) is 6.07 Å². The van der Waals surface area contributed by atoms with E-state index in [0.29, 0.717) is 22.8 Å². The summed E-state index contributed by atoms with van der Waals surface area (Å²) in [5.74, 6) is 1.49. The molecule has 1 aromatic carbocycles. The Kier molecular flexibility index (Phi) is 5.60. The number of anilines is 2. The van der Waals surface area contributed by atoms with Crippen LogP contribution in [-0.4, -0.2) is 55.8 Å². The predicted octanol–water partition coefficient (Wildman–Crippen LogP) is 2.45. The summed E-state index contributed by atoms with van der Waals surface area (Å²) < 4.78 is 11.3. The lowest BCUT2D eigenvalue weighted by Gasteiger charge is -2.37. The van der Waals surface area contributed by atoms with Gasteiger partial charge in [0.1, 0.15) is 11.8 Å². The van der Waals surface area contributed by atoms with Crippen molar-refractivity contribution in [3.8, 4) is 11.6 Å². The number of nitrogens with zero attached hydrogens (tertiary/aromatic N) is 3. The third kappa shape index (κ3) is 3.76. The SMILES string of the molecule is COc1cccc(NC2C(=O)N(c3ncc(Br)c(OC)n3)CC23CCNCC3)c1. The number of nitrogens with one attached hydrogen (secondary N) is 2. The van der Waals surface area contributed by atoms with Crippen LogP contribution in [0.1, 0.15) is 12.8 Å². The smallest absolute Gasteiger partial charge is 0.252 e. The maximum Gasteiger partial charge on any atom is 0.252 e. The van der Waals surface area contributed by atoms with Crippen molar-refractivity contribution in [3.63, 3.8) is 0 Å². The zero-order valence-corrected chi connectivity index (χ0v) is 18.0. The van der Waals surface area contributed by atoms with E-state index in [1.54, 1.807) is 25.3 Å². The Labute approximate surface area is 178 Å². The number of hydrogen-bond donors (Lipinski definition) is 2. The molecule has 4 rings (SSSR count). The zero-order chi connectivity index (χ0) is 20.4. The Bertz CT molecular complexity index is 903. The van der Waals surface area contributed by atoms with Gasteiger partial charge in [-0.15, -0.1) is 0 Å². The lowest BCUT2D eigenvalue weighted by Crippen LogP contribution is -2.48. The number of carbonyl (C=O) groups excluding carboxylic acids is 1. The number of carbonyl (C=O) groups is 1. The van der Waals surface area contributed by atoms with E-state index in [1.165, 1.54) is 0 Å². The summed E-state index contributed by atoms with van der Waals surface area (Å²) in [6.07, 6.45) is 3.40. The topological polar surface area (TPSA) is 88.6 Å². The van der Waals surface area contributed by atoms with Gasteiger partial charge in [0, 0.05) is 23.7 Å². The first kappa shape index (κ1) is 19.9. The van der Waals surface area contributed by atoms with Gasteiger partial charge in [-0.3, -0.25) is 9.69 Å². The van der Waals surface area contributed by atoms with Gasteiger partial charge in [0.05, 0.1) is 24.9 Å². The second-order valence-corrected chi connectivity index (χ2v) is 8.23. The van der Waals surface area contributed by atoms with Crippen molar-refractivity contribution < 1.29 is 14.3 Å². The highest BCUT2D eigenvalue weighted by atomic mass is 79.9. The van der Waals surface area contributed by atoms with Crippen LogP contribution in [0, 0.1) is 5.41 Å². The molecule has 2 N–H and O–H groups in total. The van der Waals surface area contributed by atoms with Crippen molar-refractivity contribution in [3.05, 3.63) is 34.9 Å². The van der Waals surface area contributed by atoms with Gasteiger partial charge in [-0.25, -0.2) is 4.98 Å². The number of ether oxygens (including phenoxy) is 2. The number of amides is 1. The van der Waals surface area contributed by atoms with Crippen molar-refractivity contribution in [1.29, 1.82) is 0 Å². The van der Waals surface area contributed by atoms with Crippen LogP contribution in [0.25, 0.3) is 0 Å². The minimum Gasteiger partial charge on any atom is -0.497 e. The Balaban J connectivity index is 1.67. The molecule has 0 radical (unpaired) electrons. The van der Waals surface area contributed by atoms with E-state index in [9.17, 15) is 4.79 Å². The molecule has 3 heterocycles. The molecular weight excluding hydrogens is 438 g/mol. The number of piperidine rings is 1. The fourth-order valence-corrected chi connectivity index (χ4v) is 4.51. The van der Waals surface area contributed by atoms with Crippen LogP contribution in [0.5, 0.6) is 11.6 Å². The van der Waals surface area contributed by atoms with Crippen LogP contribution in [-0.2, 0) is 4.79 Å². The third-order valence-corrected chi connectivity index (χ3v) is 6.26. The molecule has 1 atom stereocenters. The van der Waals surface area contributed by atoms with E-state index in [4.69, 9.17) is 9.47 Å². The molecule has 0 aliphatic carbocycles. The molecule has 1 aromatic heterocycles. The molecule has 9 heteroatoms. The number of benzene rings is 1. The fourth-order valence-electron chi connectivity index (χ4n) is 4.15. The molecular formula is C20H24BrN5O3. The monoisotopic (exact) mass is 461 g/mol. The standard InChI is InChI=1S/C20H24BrN5O3/c1-28-14-5-3-4-13(10-14)24-16-18(27)26(12-20(16)6-8-22-9-7-20)19-23-11-15(21)17(25-19)29-2/h3-5,10-11,16,22,24H,6-9,12H2,1-2H3. The first-order valence-corrected chi connectivity index (χ1v) is 10.3. The molecule has 1 unspecified atom stereocenters. The molecule has 0 bridgehead atoms. The average molecular weight is 462 g/mol. The van der Waals surface area contributed by atoms with Crippen LogP contribution in [0.4, 0.5) is 11.6 Å². The minimum atomic E-state index is -0.366. The summed E-state index contributed by atoms with van der Waals surface area (Å²) in [5, 5.41) is 6.87. The zero-order valence-electron chi connectivity index (χ0n) is 16.4. The molecule has 2 aliphatic heterocycles. The molecule has 2 fully saturated rings. The molecule has 0 saturated carbocycles. The van der Waals surface area contributed by atoms with Gasteiger partial charge in [-0.2, -0.15) is 4.98 Å². The van der Waals surface area contributed by atoms with E-state index in [0.717, 1.165) is 37.4 Å². The van der Waals surface area contributed by atoms with Crippen LogP contribution < -0.4 is 25.0 Å². The van der Waals surface area contributed by atoms with Gasteiger partial charge in [0.25, 0.3) is 5.91 Å². The first-order chi connectivity index (χ1) is 14.1. The summed E-state index contributed by atoms with van der Waals surface area (Å²) in [6, 6.07) is 7.29. The Hall–Kier alpha value is -2.39.